The van der Waals surface area contributed by atoms with E-state index in [1.54, 1.807) is 0 Å². The monoisotopic (exact) mass is 776 g/mol. The second kappa shape index (κ2) is 14.1. The summed E-state index contributed by atoms with van der Waals surface area (Å²) in [6, 6.07) is 89.1. The maximum atomic E-state index is 2.50. The summed E-state index contributed by atoms with van der Waals surface area (Å²) < 4.78 is 0. The van der Waals surface area contributed by atoms with Gasteiger partial charge in [-0.15, -0.1) is 0 Å². The fourth-order valence-electron chi connectivity index (χ4n) is 10.3. The van der Waals surface area contributed by atoms with Crippen molar-refractivity contribution in [3.8, 4) is 33.4 Å². The number of rotatable bonds is 7. The van der Waals surface area contributed by atoms with Gasteiger partial charge in [-0.2, -0.15) is 0 Å². The molecule has 0 amide bonds. The molecule has 0 N–H and O–H groups in total. The minimum Gasteiger partial charge on any atom is -0.310 e. The van der Waals surface area contributed by atoms with Crippen molar-refractivity contribution in [3.05, 3.63) is 265 Å². The van der Waals surface area contributed by atoms with Gasteiger partial charge in [-0.25, -0.2) is 0 Å². The molecule has 1 unspecified atom stereocenters. The lowest BCUT2D eigenvalue weighted by atomic mass is 9.69. The van der Waals surface area contributed by atoms with Gasteiger partial charge >= 0.3 is 0 Å². The molecule has 61 heavy (non-hydrogen) atoms. The van der Waals surface area contributed by atoms with Crippen molar-refractivity contribution >= 4 is 44.9 Å². The smallest absolute Gasteiger partial charge is 0.0747 e. The number of nitrogens with zero attached hydrogens (tertiary/aromatic N) is 2. The molecule has 2 aliphatic carbocycles. The number of benzene rings is 10. The maximum absolute atomic E-state index is 2.50. The second-order valence-electron chi connectivity index (χ2n) is 16.0. The van der Waals surface area contributed by atoms with Crippen LogP contribution in [0.15, 0.2) is 243 Å². The third kappa shape index (κ3) is 5.36. The zero-order valence-electron chi connectivity index (χ0n) is 33.5. The molecule has 0 fully saturated rings. The SMILES string of the molecule is c1ccc(-c2ccc(N(c3ccccc3)c3cc4ccccc4c4c3C3(c5ccccc5-c5ccc(N(c6ccccc6)c6ccccc6)cc53)c3ccccc3-4)cc2)cc1. The molecule has 2 aliphatic rings. The van der Waals surface area contributed by atoms with E-state index in [9.17, 15) is 0 Å². The van der Waals surface area contributed by atoms with Gasteiger partial charge in [0.05, 0.1) is 11.1 Å². The summed E-state index contributed by atoms with van der Waals surface area (Å²) in [6.07, 6.45) is 0. The van der Waals surface area contributed by atoms with E-state index in [1.807, 2.05) is 0 Å². The van der Waals surface area contributed by atoms with Crippen molar-refractivity contribution in [3.63, 3.8) is 0 Å². The lowest BCUT2D eigenvalue weighted by molar-refractivity contribution is 0.793. The quantitative estimate of drug-likeness (QED) is 0.159. The van der Waals surface area contributed by atoms with E-state index in [-0.39, 0.29) is 0 Å². The fourth-order valence-corrected chi connectivity index (χ4v) is 10.3. The van der Waals surface area contributed by atoms with Crippen molar-refractivity contribution in [2.75, 3.05) is 9.80 Å². The van der Waals surface area contributed by atoms with Gasteiger partial charge in [-0.05, 0) is 128 Å². The summed E-state index contributed by atoms with van der Waals surface area (Å²) in [4.78, 5) is 4.89. The van der Waals surface area contributed by atoms with E-state index in [4.69, 9.17) is 0 Å². The van der Waals surface area contributed by atoms with Crippen LogP contribution in [-0.4, -0.2) is 0 Å². The zero-order valence-corrected chi connectivity index (χ0v) is 33.5. The van der Waals surface area contributed by atoms with Gasteiger partial charge < -0.3 is 9.80 Å². The van der Waals surface area contributed by atoms with E-state index in [0.29, 0.717) is 0 Å². The number of hydrogen-bond donors (Lipinski definition) is 0. The van der Waals surface area contributed by atoms with Crippen LogP contribution < -0.4 is 9.80 Å². The molecule has 0 saturated heterocycles. The van der Waals surface area contributed by atoms with Crippen LogP contribution in [0.5, 0.6) is 0 Å². The van der Waals surface area contributed by atoms with Crippen LogP contribution in [0.2, 0.25) is 0 Å². The summed E-state index contributed by atoms with van der Waals surface area (Å²) in [7, 11) is 0. The molecule has 1 atom stereocenters. The molecule has 10 aromatic rings. The summed E-state index contributed by atoms with van der Waals surface area (Å²) in [6.45, 7) is 0. The van der Waals surface area contributed by atoms with Crippen molar-refractivity contribution in [2.24, 2.45) is 0 Å². The van der Waals surface area contributed by atoms with Crippen molar-refractivity contribution in [2.45, 2.75) is 5.41 Å². The molecule has 10 aromatic carbocycles. The van der Waals surface area contributed by atoms with Crippen molar-refractivity contribution < 1.29 is 0 Å². The third-order valence-electron chi connectivity index (χ3n) is 12.8. The first-order valence-electron chi connectivity index (χ1n) is 21.1. The molecule has 0 radical (unpaired) electrons. The van der Waals surface area contributed by atoms with E-state index in [1.165, 1.54) is 72.1 Å². The summed E-state index contributed by atoms with van der Waals surface area (Å²) in [5.41, 5.74) is 18.8. The Morgan fingerprint density at radius 3 is 1.41 bits per heavy atom. The topological polar surface area (TPSA) is 6.48 Å². The zero-order chi connectivity index (χ0) is 40.3. The minimum absolute atomic E-state index is 0.636. The lowest BCUT2D eigenvalue weighted by Gasteiger charge is -2.36. The Balaban J connectivity index is 1.19. The van der Waals surface area contributed by atoms with Crippen molar-refractivity contribution in [1.29, 1.82) is 0 Å². The predicted molar refractivity (Wildman–Crippen MR) is 255 cm³/mol. The van der Waals surface area contributed by atoms with Crippen LogP contribution >= 0.6 is 0 Å². The number of fused-ring (bicyclic) bond motifs is 12. The van der Waals surface area contributed by atoms with E-state index in [2.05, 4.69) is 252 Å². The highest BCUT2D eigenvalue weighted by atomic mass is 15.2. The largest absolute Gasteiger partial charge is 0.310 e. The van der Waals surface area contributed by atoms with Crippen LogP contribution in [-0.2, 0) is 5.41 Å². The summed E-state index contributed by atoms with van der Waals surface area (Å²) >= 11 is 0. The third-order valence-corrected chi connectivity index (χ3v) is 12.8. The first-order chi connectivity index (χ1) is 30.3. The van der Waals surface area contributed by atoms with Gasteiger partial charge in [0.2, 0.25) is 0 Å². The molecule has 1 spiro atoms. The Morgan fingerprint density at radius 1 is 0.295 bits per heavy atom. The normalized spacial score (nSPS) is 14.3. The van der Waals surface area contributed by atoms with Gasteiger partial charge in [0, 0.05) is 34.0 Å². The average molecular weight is 777 g/mol. The van der Waals surface area contributed by atoms with Gasteiger partial charge in [-0.3, -0.25) is 0 Å². The van der Waals surface area contributed by atoms with Gasteiger partial charge in [-0.1, -0.05) is 176 Å². The van der Waals surface area contributed by atoms with Crippen LogP contribution in [0.1, 0.15) is 22.3 Å². The van der Waals surface area contributed by atoms with E-state index < -0.39 is 5.41 Å². The number of hydrogen-bond acceptors (Lipinski definition) is 2. The standard InChI is InChI=1S/C59H40N2/c1-5-19-41(20-6-1)42-33-35-47(36-34-42)61(46-26-11-4-12-27-46)56-39-43-21-13-14-28-49(43)57-52-30-16-18-32-54(52)59(58(56)57)53-31-17-15-29-50(53)51-38-37-48(40-55(51)59)60(44-22-7-2-8-23-44)45-24-9-3-10-25-45/h1-40H. The molecule has 0 aromatic heterocycles. The molecule has 0 heterocycles. The fraction of sp³-hybridized carbons (Fsp3) is 0.0169. The molecule has 2 heteroatoms. The van der Waals surface area contributed by atoms with Gasteiger partial charge in [0.25, 0.3) is 0 Å². The van der Waals surface area contributed by atoms with E-state index >= 15 is 0 Å². The summed E-state index contributed by atoms with van der Waals surface area (Å²) in [5.74, 6) is 0. The summed E-state index contributed by atoms with van der Waals surface area (Å²) in [5, 5.41) is 2.47. The Hall–Kier alpha value is -7.94. The minimum atomic E-state index is -0.636. The first kappa shape index (κ1) is 35.0. The van der Waals surface area contributed by atoms with Crippen LogP contribution in [0.4, 0.5) is 34.1 Å². The predicted octanol–water partition coefficient (Wildman–Crippen LogP) is 15.8. The Morgan fingerprint density at radius 2 is 0.754 bits per heavy atom. The van der Waals surface area contributed by atoms with Crippen molar-refractivity contribution in [1.82, 2.24) is 0 Å². The molecule has 12 rings (SSSR count). The van der Waals surface area contributed by atoms with Crippen LogP contribution in [0.3, 0.4) is 0 Å². The highest BCUT2D eigenvalue weighted by Crippen LogP contribution is 2.67. The van der Waals surface area contributed by atoms with Gasteiger partial charge in [0.15, 0.2) is 0 Å². The number of anilines is 6. The van der Waals surface area contributed by atoms with Crippen LogP contribution in [0.25, 0.3) is 44.2 Å². The molecule has 0 aliphatic heterocycles. The molecule has 0 saturated carbocycles. The molecule has 2 nitrogen and oxygen atoms in total. The highest BCUT2D eigenvalue weighted by molar-refractivity contribution is 6.10. The highest BCUT2D eigenvalue weighted by Gasteiger charge is 2.54. The maximum Gasteiger partial charge on any atom is 0.0747 e. The average Bonchev–Trinajstić information content (AvgIpc) is 3.81. The van der Waals surface area contributed by atoms with Crippen LogP contribution in [0, 0.1) is 0 Å². The molecule has 0 bridgehead atoms. The second-order valence-corrected chi connectivity index (χ2v) is 16.0. The molecular weight excluding hydrogens is 737 g/mol. The first-order valence-corrected chi connectivity index (χ1v) is 21.1. The number of para-hydroxylation sites is 3. The molecule has 286 valence electrons. The van der Waals surface area contributed by atoms with Gasteiger partial charge in [0.1, 0.15) is 0 Å². The van der Waals surface area contributed by atoms with E-state index in [0.717, 1.165) is 28.4 Å². The lowest BCUT2D eigenvalue weighted by Crippen LogP contribution is -2.28. The molecular formula is C59H40N2. The Labute approximate surface area is 356 Å². The Bertz CT molecular complexity index is 3190. The Kier molecular flexibility index (Phi) is 8.11.